The number of nitrogens with zero attached hydrogens (tertiary/aromatic N) is 2. The van der Waals surface area contributed by atoms with Crippen LogP contribution >= 0.6 is 0 Å². The van der Waals surface area contributed by atoms with Crippen molar-refractivity contribution in [2.75, 3.05) is 5.73 Å². The Bertz CT molecular complexity index is 630. The number of nitrogens with two attached hydrogens (primary N) is 1. The molecule has 3 rings (SSSR count). The van der Waals surface area contributed by atoms with E-state index >= 15 is 0 Å². The van der Waals surface area contributed by atoms with Gasteiger partial charge in [0.2, 0.25) is 5.95 Å². The van der Waals surface area contributed by atoms with Gasteiger partial charge in [-0.15, -0.1) is 0 Å². The van der Waals surface area contributed by atoms with Crippen molar-refractivity contribution in [3.63, 3.8) is 0 Å². The van der Waals surface area contributed by atoms with Crippen molar-refractivity contribution in [1.82, 2.24) is 9.97 Å². The quantitative estimate of drug-likeness (QED) is 0.922. The monoisotopic (exact) mass is 267 g/mol. The van der Waals surface area contributed by atoms with Crippen LogP contribution in [-0.4, -0.2) is 9.97 Å². The lowest BCUT2D eigenvalue weighted by atomic mass is 9.82. The molecule has 104 valence electrons. The Morgan fingerprint density at radius 1 is 1.20 bits per heavy atom. The molecule has 1 saturated carbocycles. The number of benzene rings is 1. The standard InChI is InChI=1S/C17H21N3/c1-11-5-3-8-15(12(11)2)16-10-14(19-17(18)20-16)9-13-6-4-7-13/h3,5,8,10,13H,4,6-7,9H2,1-2H3,(H2,18,19,20). The maximum Gasteiger partial charge on any atom is 0.220 e. The lowest BCUT2D eigenvalue weighted by Gasteiger charge is -2.25. The highest BCUT2D eigenvalue weighted by molar-refractivity contribution is 5.66. The van der Waals surface area contributed by atoms with Gasteiger partial charge >= 0.3 is 0 Å². The van der Waals surface area contributed by atoms with Gasteiger partial charge in [0, 0.05) is 11.3 Å². The van der Waals surface area contributed by atoms with Crippen molar-refractivity contribution >= 4 is 5.95 Å². The van der Waals surface area contributed by atoms with Gasteiger partial charge in [-0.25, -0.2) is 9.97 Å². The molecule has 0 radical (unpaired) electrons. The molecule has 1 aliphatic carbocycles. The summed E-state index contributed by atoms with van der Waals surface area (Å²) >= 11 is 0. The van der Waals surface area contributed by atoms with E-state index in [9.17, 15) is 0 Å². The zero-order chi connectivity index (χ0) is 14.1. The van der Waals surface area contributed by atoms with E-state index in [1.165, 1.54) is 30.4 Å². The van der Waals surface area contributed by atoms with Gasteiger partial charge in [-0.1, -0.05) is 37.5 Å². The first-order valence-electron chi connectivity index (χ1n) is 7.33. The molecule has 0 aliphatic heterocycles. The predicted molar refractivity (Wildman–Crippen MR) is 82.4 cm³/mol. The van der Waals surface area contributed by atoms with Crippen LogP contribution in [-0.2, 0) is 6.42 Å². The molecule has 1 heterocycles. The van der Waals surface area contributed by atoms with Gasteiger partial charge in [-0.3, -0.25) is 0 Å². The molecule has 0 saturated heterocycles. The smallest absolute Gasteiger partial charge is 0.220 e. The molecular weight excluding hydrogens is 246 g/mol. The molecule has 1 aromatic heterocycles. The van der Waals surface area contributed by atoms with Gasteiger partial charge in [0.05, 0.1) is 5.69 Å². The van der Waals surface area contributed by atoms with E-state index in [4.69, 9.17) is 5.73 Å². The van der Waals surface area contributed by atoms with Crippen LogP contribution < -0.4 is 5.73 Å². The summed E-state index contributed by atoms with van der Waals surface area (Å²) < 4.78 is 0. The highest BCUT2D eigenvalue weighted by Crippen LogP contribution is 2.31. The summed E-state index contributed by atoms with van der Waals surface area (Å²) in [6, 6.07) is 8.41. The third kappa shape index (κ3) is 2.53. The molecular formula is C17H21N3. The van der Waals surface area contributed by atoms with E-state index < -0.39 is 0 Å². The molecule has 2 aromatic rings. The lowest BCUT2D eigenvalue weighted by molar-refractivity contribution is 0.312. The molecule has 1 fully saturated rings. The first kappa shape index (κ1) is 13.1. The molecule has 3 nitrogen and oxygen atoms in total. The van der Waals surface area contributed by atoms with E-state index in [1.54, 1.807) is 0 Å². The normalized spacial score (nSPS) is 15.1. The Hall–Kier alpha value is -1.90. The SMILES string of the molecule is Cc1cccc(-c2cc(CC3CCC3)nc(N)n2)c1C. The lowest BCUT2D eigenvalue weighted by Crippen LogP contribution is -2.15. The molecule has 0 amide bonds. The number of nitrogen functional groups attached to an aromatic ring is 1. The Morgan fingerprint density at radius 2 is 2.00 bits per heavy atom. The zero-order valence-corrected chi connectivity index (χ0v) is 12.2. The minimum atomic E-state index is 0.387. The first-order chi connectivity index (χ1) is 9.63. The molecule has 20 heavy (non-hydrogen) atoms. The zero-order valence-electron chi connectivity index (χ0n) is 12.2. The highest BCUT2D eigenvalue weighted by atomic mass is 15.0. The maximum atomic E-state index is 5.90. The molecule has 0 spiro atoms. The summed E-state index contributed by atoms with van der Waals surface area (Å²) in [6.07, 6.45) is 5.03. The second-order valence-electron chi connectivity index (χ2n) is 5.85. The summed E-state index contributed by atoms with van der Waals surface area (Å²) in [4.78, 5) is 8.82. The fraction of sp³-hybridized carbons (Fsp3) is 0.412. The largest absolute Gasteiger partial charge is 0.368 e. The third-order valence-corrected chi connectivity index (χ3v) is 4.40. The van der Waals surface area contributed by atoms with Gasteiger partial charge in [0.1, 0.15) is 0 Å². The van der Waals surface area contributed by atoms with E-state index in [-0.39, 0.29) is 0 Å². The molecule has 0 unspecified atom stereocenters. The van der Waals surface area contributed by atoms with E-state index in [0.29, 0.717) is 5.95 Å². The number of aromatic nitrogens is 2. The van der Waals surface area contributed by atoms with Crippen molar-refractivity contribution in [2.45, 2.75) is 39.5 Å². The number of hydrogen-bond donors (Lipinski definition) is 1. The van der Waals surface area contributed by atoms with E-state index in [1.807, 2.05) is 0 Å². The van der Waals surface area contributed by atoms with Crippen LogP contribution in [0.1, 0.15) is 36.1 Å². The van der Waals surface area contributed by atoms with Crippen LogP contribution in [0.25, 0.3) is 11.3 Å². The Kier molecular flexibility index (Phi) is 3.43. The van der Waals surface area contributed by atoms with Gasteiger partial charge in [-0.05, 0) is 43.4 Å². The molecule has 1 aliphatic rings. The van der Waals surface area contributed by atoms with E-state index in [2.05, 4.69) is 48.1 Å². The average Bonchev–Trinajstić information content (AvgIpc) is 2.36. The van der Waals surface area contributed by atoms with Crippen LogP contribution in [0.2, 0.25) is 0 Å². The van der Waals surface area contributed by atoms with Crippen molar-refractivity contribution in [1.29, 1.82) is 0 Å². The van der Waals surface area contributed by atoms with Crippen LogP contribution in [0, 0.1) is 19.8 Å². The van der Waals surface area contributed by atoms with Gasteiger partial charge < -0.3 is 5.73 Å². The number of aryl methyl sites for hydroxylation is 1. The van der Waals surface area contributed by atoms with Gasteiger partial charge in [0.25, 0.3) is 0 Å². The summed E-state index contributed by atoms with van der Waals surface area (Å²) in [5.74, 6) is 1.17. The Morgan fingerprint density at radius 3 is 2.70 bits per heavy atom. The maximum absolute atomic E-state index is 5.90. The predicted octanol–water partition coefficient (Wildman–Crippen LogP) is 3.69. The van der Waals surface area contributed by atoms with Crippen molar-refractivity contribution < 1.29 is 0 Å². The number of rotatable bonds is 3. The van der Waals surface area contributed by atoms with Crippen molar-refractivity contribution in [2.24, 2.45) is 5.92 Å². The van der Waals surface area contributed by atoms with Crippen molar-refractivity contribution in [3.05, 3.63) is 41.1 Å². The fourth-order valence-electron chi connectivity index (χ4n) is 2.78. The minimum absolute atomic E-state index is 0.387. The fourth-order valence-corrected chi connectivity index (χ4v) is 2.78. The number of anilines is 1. The summed E-state index contributed by atoms with van der Waals surface area (Å²) in [5.41, 5.74) is 11.6. The number of hydrogen-bond acceptors (Lipinski definition) is 3. The summed E-state index contributed by atoms with van der Waals surface area (Å²) in [5, 5.41) is 0. The van der Waals surface area contributed by atoms with Gasteiger partial charge in [-0.2, -0.15) is 0 Å². The Labute approximate surface area is 120 Å². The first-order valence-corrected chi connectivity index (χ1v) is 7.33. The summed E-state index contributed by atoms with van der Waals surface area (Å²) in [6.45, 7) is 4.26. The average molecular weight is 267 g/mol. The van der Waals surface area contributed by atoms with Crippen molar-refractivity contribution in [3.8, 4) is 11.3 Å². The molecule has 0 bridgehead atoms. The molecule has 0 atom stereocenters. The van der Waals surface area contributed by atoms with Crippen LogP contribution in [0.3, 0.4) is 0 Å². The topological polar surface area (TPSA) is 51.8 Å². The van der Waals surface area contributed by atoms with Crippen LogP contribution in [0.5, 0.6) is 0 Å². The highest BCUT2D eigenvalue weighted by Gasteiger charge is 2.19. The second kappa shape index (κ2) is 5.23. The van der Waals surface area contributed by atoms with Gasteiger partial charge in [0.15, 0.2) is 0 Å². The summed E-state index contributed by atoms with van der Waals surface area (Å²) in [7, 11) is 0. The Balaban J connectivity index is 1.98. The molecule has 1 aromatic carbocycles. The van der Waals surface area contributed by atoms with Crippen LogP contribution in [0.4, 0.5) is 5.95 Å². The van der Waals surface area contributed by atoms with E-state index in [0.717, 1.165) is 29.3 Å². The second-order valence-corrected chi connectivity index (χ2v) is 5.85. The minimum Gasteiger partial charge on any atom is -0.368 e. The molecule has 2 N–H and O–H groups in total. The van der Waals surface area contributed by atoms with Crippen LogP contribution in [0.15, 0.2) is 24.3 Å². The third-order valence-electron chi connectivity index (χ3n) is 4.40. The molecule has 3 heteroatoms.